The molecule has 0 aliphatic rings. The number of hydrogen-bond donors (Lipinski definition) is 1. The monoisotopic (exact) mass is 290 g/mol. The molecule has 0 aliphatic carbocycles. The standard InChI is InChI=1S/C16H18O3S/c1-16(2,3)11-9-10(5-6-12(11)19-4)13-7-8-14(20-13)15(17)18/h5-9H,1-4H3,(H,17,18). The highest BCUT2D eigenvalue weighted by Crippen LogP contribution is 2.36. The third kappa shape index (κ3) is 2.85. The van der Waals surface area contributed by atoms with Crippen molar-refractivity contribution in [2.45, 2.75) is 26.2 Å². The number of carboxylic acid groups (broad SMARTS) is 1. The molecule has 1 heterocycles. The molecular formula is C16H18O3S. The van der Waals surface area contributed by atoms with E-state index in [4.69, 9.17) is 9.84 Å². The normalized spacial score (nSPS) is 11.4. The summed E-state index contributed by atoms with van der Waals surface area (Å²) < 4.78 is 5.42. The molecule has 106 valence electrons. The van der Waals surface area contributed by atoms with Crippen molar-refractivity contribution in [3.8, 4) is 16.2 Å². The smallest absolute Gasteiger partial charge is 0.345 e. The zero-order chi connectivity index (χ0) is 14.9. The lowest BCUT2D eigenvalue weighted by molar-refractivity contribution is 0.0702. The van der Waals surface area contributed by atoms with Gasteiger partial charge in [0.15, 0.2) is 0 Å². The molecule has 1 aromatic heterocycles. The first-order valence-electron chi connectivity index (χ1n) is 6.35. The van der Waals surface area contributed by atoms with E-state index in [-0.39, 0.29) is 5.41 Å². The molecule has 0 bridgehead atoms. The quantitative estimate of drug-likeness (QED) is 0.910. The summed E-state index contributed by atoms with van der Waals surface area (Å²) in [5, 5.41) is 9.00. The number of thiophene rings is 1. The molecule has 1 N–H and O–H groups in total. The second kappa shape index (κ2) is 5.29. The summed E-state index contributed by atoms with van der Waals surface area (Å²) in [4.78, 5) is 12.3. The van der Waals surface area contributed by atoms with E-state index >= 15 is 0 Å². The van der Waals surface area contributed by atoms with Gasteiger partial charge in [-0.2, -0.15) is 0 Å². The molecule has 0 saturated carbocycles. The summed E-state index contributed by atoms with van der Waals surface area (Å²) in [5.41, 5.74) is 2.10. The van der Waals surface area contributed by atoms with Crippen LogP contribution in [0.3, 0.4) is 0 Å². The van der Waals surface area contributed by atoms with E-state index in [0.717, 1.165) is 21.8 Å². The van der Waals surface area contributed by atoms with Gasteiger partial charge in [-0.05, 0) is 41.3 Å². The highest BCUT2D eigenvalue weighted by atomic mass is 32.1. The van der Waals surface area contributed by atoms with Gasteiger partial charge in [0, 0.05) is 10.4 Å². The number of rotatable bonds is 3. The topological polar surface area (TPSA) is 46.5 Å². The van der Waals surface area contributed by atoms with Gasteiger partial charge < -0.3 is 9.84 Å². The summed E-state index contributed by atoms with van der Waals surface area (Å²) in [6.45, 7) is 6.39. The van der Waals surface area contributed by atoms with E-state index in [0.29, 0.717) is 4.88 Å². The number of methoxy groups -OCH3 is 1. The number of aromatic carboxylic acids is 1. The van der Waals surface area contributed by atoms with E-state index in [9.17, 15) is 4.79 Å². The van der Waals surface area contributed by atoms with Gasteiger partial charge in [0.25, 0.3) is 0 Å². The first kappa shape index (κ1) is 14.6. The van der Waals surface area contributed by atoms with Gasteiger partial charge >= 0.3 is 5.97 Å². The van der Waals surface area contributed by atoms with Crippen LogP contribution >= 0.6 is 11.3 Å². The third-order valence-electron chi connectivity index (χ3n) is 3.11. The van der Waals surface area contributed by atoms with Gasteiger partial charge in [0.05, 0.1) is 7.11 Å². The second-order valence-corrected chi connectivity index (χ2v) is 6.72. The minimum atomic E-state index is -0.884. The van der Waals surface area contributed by atoms with Crippen LogP contribution in [0.25, 0.3) is 10.4 Å². The van der Waals surface area contributed by atoms with E-state index < -0.39 is 5.97 Å². The van der Waals surface area contributed by atoms with Gasteiger partial charge in [-0.25, -0.2) is 4.79 Å². The Labute approximate surface area is 122 Å². The molecular weight excluding hydrogens is 272 g/mol. The first-order chi connectivity index (χ1) is 9.32. The molecule has 0 saturated heterocycles. The van der Waals surface area contributed by atoms with Crippen molar-refractivity contribution in [3.63, 3.8) is 0 Å². The predicted octanol–water partition coefficient (Wildman–Crippen LogP) is 4.42. The van der Waals surface area contributed by atoms with Crippen LogP contribution in [0.2, 0.25) is 0 Å². The number of hydrogen-bond acceptors (Lipinski definition) is 3. The predicted molar refractivity (Wildman–Crippen MR) is 82.0 cm³/mol. The molecule has 0 radical (unpaired) electrons. The number of benzene rings is 1. The van der Waals surface area contributed by atoms with Crippen LogP contribution in [0.4, 0.5) is 0 Å². The zero-order valence-electron chi connectivity index (χ0n) is 12.1. The van der Waals surface area contributed by atoms with Crippen LogP contribution in [0.1, 0.15) is 36.0 Å². The SMILES string of the molecule is COc1ccc(-c2ccc(C(=O)O)s2)cc1C(C)(C)C. The van der Waals surface area contributed by atoms with Crippen LogP contribution < -0.4 is 4.74 Å². The lowest BCUT2D eigenvalue weighted by atomic mass is 9.85. The van der Waals surface area contributed by atoms with Crippen molar-refractivity contribution >= 4 is 17.3 Å². The Morgan fingerprint density at radius 2 is 1.90 bits per heavy atom. The van der Waals surface area contributed by atoms with Crippen LogP contribution in [0, 0.1) is 0 Å². The van der Waals surface area contributed by atoms with E-state index in [1.807, 2.05) is 18.2 Å². The fourth-order valence-electron chi connectivity index (χ4n) is 2.06. The Balaban J connectivity index is 2.50. The highest BCUT2D eigenvalue weighted by molar-refractivity contribution is 7.17. The number of carboxylic acids is 1. The fraction of sp³-hybridized carbons (Fsp3) is 0.312. The van der Waals surface area contributed by atoms with Crippen molar-refractivity contribution in [2.75, 3.05) is 7.11 Å². The number of carbonyl (C=O) groups is 1. The molecule has 2 aromatic rings. The van der Waals surface area contributed by atoms with Crippen molar-refractivity contribution in [2.24, 2.45) is 0 Å². The highest BCUT2D eigenvalue weighted by Gasteiger charge is 2.20. The Bertz CT molecular complexity index is 635. The molecule has 0 atom stereocenters. The summed E-state index contributed by atoms with van der Waals surface area (Å²) in [5.74, 6) is -0.0259. The van der Waals surface area contributed by atoms with Crippen LogP contribution in [0.5, 0.6) is 5.75 Å². The summed E-state index contributed by atoms with van der Waals surface area (Å²) in [6.07, 6.45) is 0. The zero-order valence-corrected chi connectivity index (χ0v) is 12.9. The molecule has 20 heavy (non-hydrogen) atoms. The van der Waals surface area contributed by atoms with Gasteiger partial charge in [0.2, 0.25) is 0 Å². The maximum atomic E-state index is 11.0. The van der Waals surface area contributed by atoms with E-state index in [1.165, 1.54) is 11.3 Å². The van der Waals surface area contributed by atoms with Crippen molar-refractivity contribution in [1.29, 1.82) is 0 Å². The maximum Gasteiger partial charge on any atom is 0.345 e. The summed E-state index contributed by atoms with van der Waals surface area (Å²) in [6, 6.07) is 9.48. The molecule has 0 unspecified atom stereocenters. The molecule has 0 spiro atoms. The average Bonchev–Trinajstić information content (AvgIpc) is 2.86. The van der Waals surface area contributed by atoms with Crippen molar-refractivity contribution in [3.05, 3.63) is 40.8 Å². The minimum absolute atomic E-state index is 0.0335. The molecule has 1 aromatic carbocycles. The molecule has 0 fully saturated rings. The summed E-state index contributed by atoms with van der Waals surface area (Å²) >= 11 is 1.29. The second-order valence-electron chi connectivity index (χ2n) is 5.63. The lowest BCUT2D eigenvalue weighted by Gasteiger charge is -2.22. The van der Waals surface area contributed by atoms with Crippen LogP contribution in [0.15, 0.2) is 30.3 Å². The van der Waals surface area contributed by atoms with E-state index in [2.05, 4.69) is 26.8 Å². The Hall–Kier alpha value is -1.81. The van der Waals surface area contributed by atoms with Crippen LogP contribution in [-0.2, 0) is 5.41 Å². The Morgan fingerprint density at radius 3 is 2.40 bits per heavy atom. The lowest BCUT2D eigenvalue weighted by Crippen LogP contribution is -2.12. The fourth-order valence-corrected chi connectivity index (χ4v) is 2.90. The average molecular weight is 290 g/mol. The Morgan fingerprint density at radius 1 is 1.20 bits per heavy atom. The maximum absolute atomic E-state index is 11.0. The van der Waals surface area contributed by atoms with Gasteiger partial charge in [-0.15, -0.1) is 11.3 Å². The molecule has 2 rings (SSSR count). The number of ether oxygens (including phenoxy) is 1. The molecule has 0 aliphatic heterocycles. The Kier molecular flexibility index (Phi) is 3.86. The van der Waals surface area contributed by atoms with E-state index in [1.54, 1.807) is 13.2 Å². The minimum Gasteiger partial charge on any atom is -0.496 e. The van der Waals surface area contributed by atoms with Crippen molar-refractivity contribution in [1.82, 2.24) is 0 Å². The summed E-state index contributed by atoms with van der Waals surface area (Å²) in [7, 11) is 1.66. The molecule has 0 amide bonds. The first-order valence-corrected chi connectivity index (χ1v) is 7.16. The largest absolute Gasteiger partial charge is 0.496 e. The molecule has 3 nitrogen and oxygen atoms in total. The van der Waals surface area contributed by atoms with Crippen LogP contribution in [-0.4, -0.2) is 18.2 Å². The molecule has 4 heteroatoms. The van der Waals surface area contributed by atoms with Gasteiger partial charge in [0.1, 0.15) is 10.6 Å². The van der Waals surface area contributed by atoms with Gasteiger partial charge in [-0.3, -0.25) is 0 Å². The van der Waals surface area contributed by atoms with Crippen molar-refractivity contribution < 1.29 is 14.6 Å². The third-order valence-corrected chi connectivity index (χ3v) is 4.23. The van der Waals surface area contributed by atoms with Gasteiger partial charge in [-0.1, -0.05) is 20.8 Å².